The number of carboxylic acid groups (broad SMARTS) is 1. The summed E-state index contributed by atoms with van der Waals surface area (Å²) in [6.07, 6.45) is 8.57. The van der Waals surface area contributed by atoms with Crippen molar-refractivity contribution >= 4 is 60.3 Å². The van der Waals surface area contributed by atoms with E-state index in [1.165, 1.54) is 18.3 Å². The number of carbonyl (C=O) groups is 1. The van der Waals surface area contributed by atoms with Crippen molar-refractivity contribution in [3.8, 4) is 11.5 Å². The monoisotopic (exact) mass is 664 g/mol. The molecule has 13 heteroatoms. The summed E-state index contributed by atoms with van der Waals surface area (Å²) in [5, 5.41) is 22.9. The number of imidazole rings is 1. The quantitative estimate of drug-likeness (QED) is 0.282. The third kappa shape index (κ3) is 7.96. The second-order valence-electron chi connectivity index (χ2n) is 6.35. The van der Waals surface area contributed by atoms with Crippen LogP contribution >= 0.6 is 48.8 Å². The van der Waals surface area contributed by atoms with E-state index in [2.05, 4.69) is 62.2 Å². The summed E-state index contributed by atoms with van der Waals surface area (Å²) < 4.78 is 3.97. The van der Waals surface area contributed by atoms with E-state index in [1.54, 1.807) is 12.4 Å². The molecule has 0 amide bonds. The second kappa shape index (κ2) is 14.3. The van der Waals surface area contributed by atoms with Crippen LogP contribution in [0.5, 0.6) is 0 Å². The number of halogens is 3. The molecule has 5 rings (SSSR count). The molecule has 10 nitrogen and oxygen atoms in total. The Balaban J connectivity index is 0.000000197. The van der Waals surface area contributed by atoms with Crippen molar-refractivity contribution in [2.45, 2.75) is 6.54 Å². The average molecular weight is 667 g/mol. The maximum absolute atomic E-state index is 10.1. The largest absolute Gasteiger partial charge is 0.476 e. The molecule has 0 bridgehead atoms. The third-order valence-corrected chi connectivity index (χ3v) is 5.53. The number of fused-ring (bicyclic) bond motifs is 1. The Hall–Kier alpha value is -3.13. The standard InChI is InChI=1S/C11H7BrN4.C6H7BrN2.C5H4N2O2.BrH/c12-8-3-2-6-16-10(8)7-13-11(16)9-4-1-5-14-15-9;7-5-2-1-3-9-6(5)4-8;8-5(9)4-2-1-3-6-7-4;/h1-7H;1-3H,4,8H2;1-3H,(H,8,9);1H. The van der Waals surface area contributed by atoms with Crippen LogP contribution in [0.15, 0.2) is 88.5 Å². The first-order chi connectivity index (χ1) is 16.5. The molecule has 0 atom stereocenters. The summed E-state index contributed by atoms with van der Waals surface area (Å²) in [6.45, 7) is 0.488. The fraction of sp³-hybridized carbons (Fsp3) is 0.0455. The SMILES string of the molecule is Br.Brc1cccn2c(-c3cccnn3)ncc12.NCc1ncccc1Br.O=C(O)c1cccnn1. The van der Waals surface area contributed by atoms with Gasteiger partial charge in [-0.1, -0.05) is 0 Å². The summed E-state index contributed by atoms with van der Waals surface area (Å²) in [6, 6.07) is 14.4. The Morgan fingerprint density at radius 2 is 1.60 bits per heavy atom. The van der Waals surface area contributed by atoms with Gasteiger partial charge in [0.25, 0.3) is 0 Å². The molecule has 0 aliphatic carbocycles. The molecular weight excluding hydrogens is 648 g/mol. The molecule has 0 unspecified atom stereocenters. The first kappa shape index (κ1) is 28.1. The average Bonchev–Trinajstić information content (AvgIpc) is 3.32. The molecule has 0 spiro atoms. The van der Waals surface area contributed by atoms with Crippen molar-refractivity contribution in [2.24, 2.45) is 5.73 Å². The minimum absolute atomic E-state index is 0. The van der Waals surface area contributed by atoms with E-state index in [0.29, 0.717) is 6.54 Å². The van der Waals surface area contributed by atoms with Gasteiger partial charge < -0.3 is 10.8 Å². The van der Waals surface area contributed by atoms with Crippen LogP contribution in [-0.2, 0) is 6.54 Å². The molecule has 0 saturated heterocycles. The fourth-order valence-corrected chi connectivity index (χ4v) is 3.44. The first-order valence-electron chi connectivity index (χ1n) is 9.71. The highest BCUT2D eigenvalue weighted by molar-refractivity contribution is 9.11. The van der Waals surface area contributed by atoms with Crippen LogP contribution in [0.4, 0.5) is 0 Å². The molecule has 5 heterocycles. The van der Waals surface area contributed by atoms with Crippen molar-refractivity contribution in [1.29, 1.82) is 0 Å². The molecule has 180 valence electrons. The van der Waals surface area contributed by atoms with Gasteiger partial charge in [0.1, 0.15) is 5.69 Å². The Bertz CT molecular complexity index is 1350. The van der Waals surface area contributed by atoms with Crippen molar-refractivity contribution < 1.29 is 9.90 Å². The topological polar surface area (TPSA) is 145 Å². The highest BCUT2D eigenvalue weighted by atomic mass is 79.9. The van der Waals surface area contributed by atoms with E-state index >= 15 is 0 Å². The second-order valence-corrected chi connectivity index (χ2v) is 8.06. The number of nitrogens with two attached hydrogens (primary N) is 1. The summed E-state index contributed by atoms with van der Waals surface area (Å²) in [7, 11) is 0. The van der Waals surface area contributed by atoms with Gasteiger partial charge in [-0.25, -0.2) is 9.78 Å². The lowest BCUT2D eigenvalue weighted by Crippen LogP contribution is -1.99. The molecule has 0 aromatic carbocycles. The predicted molar refractivity (Wildman–Crippen MR) is 143 cm³/mol. The van der Waals surface area contributed by atoms with E-state index in [0.717, 1.165) is 31.7 Å². The smallest absolute Gasteiger partial charge is 0.356 e. The molecule has 0 radical (unpaired) electrons. The molecule has 0 aliphatic rings. The maximum Gasteiger partial charge on any atom is 0.356 e. The van der Waals surface area contributed by atoms with Gasteiger partial charge in [-0.2, -0.15) is 10.2 Å². The predicted octanol–water partition coefficient (Wildman–Crippen LogP) is 4.61. The molecular formula is C22H19Br3N8O2. The zero-order valence-corrected chi connectivity index (χ0v) is 22.8. The number of pyridine rings is 2. The highest BCUT2D eigenvalue weighted by Crippen LogP contribution is 2.22. The molecule has 0 fully saturated rings. The van der Waals surface area contributed by atoms with Crippen LogP contribution in [0.3, 0.4) is 0 Å². The lowest BCUT2D eigenvalue weighted by Gasteiger charge is -2.00. The van der Waals surface area contributed by atoms with Crippen LogP contribution in [-0.4, -0.2) is 45.8 Å². The summed E-state index contributed by atoms with van der Waals surface area (Å²) in [5.41, 5.74) is 8.01. The minimum atomic E-state index is -1.05. The van der Waals surface area contributed by atoms with E-state index in [4.69, 9.17) is 10.8 Å². The fourth-order valence-electron chi connectivity index (χ4n) is 2.58. The Morgan fingerprint density at radius 3 is 2.14 bits per heavy atom. The zero-order chi connectivity index (χ0) is 24.3. The normalized spacial score (nSPS) is 9.69. The van der Waals surface area contributed by atoms with Gasteiger partial charge in [0.15, 0.2) is 11.5 Å². The van der Waals surface area contributed by atoms with Gasteiger partial charge in [0, 0.05) is 40.3 Å². The van der Waals surface area contributed by atoms with Crippen LogP contribution in [0, 0.1) is 0 Å². The maximum atomic E-state index is 10.1. The van der Waals surface area contributed by atoms with E-state index in [1.807, 2.05) is 53.2 Å². The van der Waals surface area contributed by atoms with Crippen molar-refractivity contribution in [3.63, 3.8) is 0 Å². The van der Waals surface area contributed by atoms with Crippen LogP contribution < -0.4 is 5.73 Å². The van der Waals surface area contributed by atoms with Crippen LogP contribution in [0.25, 0.3) is 17.0 Å². The highest BCUT2D eigenvalue weighted by Gasteiger charge is 2.08. The summed E-state index contributed by atoms with van der Waals surface area (Å²) >= 11 is 6.80. The summed E-state index contributed by atoms with van der Waals surface area (Å²) in [5.74, 6) is -0.257. The Morgan fingerprint density at radius 1 is 0.914 bits per heavy atom. The number of hydrogen-bond acceptors (Lipinski definition) is 8. The van der Waals surface area contributed by atoms with Crippen LogP contribution in [0.2, 0.25) is 0 Å². The molecule has 0 aliphatic heterocycles. The van der Waals surface area contributed by atoms with Gasteiger partial charge >= 0.3 is 5.97 Å². The lowest BCUT2D eigenvalue weighted by atomic mass is 10.3. The van der Waals surface area contributed by atoms with Crippen LogP contribution in [0.1, 0.15) is 16.2 Å². The van der Waals surface area contributed by atoms with Crippen molar-refractivity contribution in [3.05, 3.63) is 99.8 Å². The molecule has 0 saturated carbocycles. The van der Waals surface area contributed by atoms with E-state index < -0.39 is 5.97 Å². The number of hydrogen-bond donors (Lipinski definition) is 2. The van der Waals surface area contributed by atoms with Gasteiger partial charge in [0.2, 0.25) is 0 Å². The van der Waals surface area contributed by atoms with Gasteiger partial charge in [-0.05, 0) is 80.4 Å². The number of rotatable bonds is 3. The molecule has 35 heavy (non-hydrogen) atoms. The number of carboxylic acids is 1. The Labute approximate surface area is 227 Å². The zero-order valence-electron chi connectivity index (χ0n) is 17.9. The van der Waals surface area contributed by atoms with Gasteiger partial charge in [-0.15, -0.1) is 27.2 Å². The van der Waals surface area contributed by atoms with Crippen molar-refractivity contribution in [1.82, 2.24) is 34.8 Å². The van der Waals surface area contributed by atoms with Gasteiger partial charge in [-0.3, -0.25) is 9.38 Å². The van der Waals surface area contributed by atoms with Crippen molar-refractivity contribution in [2.75, 3.05) is 0 Å². The minimum Gasteiger partial charge on any atom is -0.476 e. The molecule has 3 N–H and O–H groups in total. The third-order valence-electron chi connectivity index (χ3n) is 4.14. The number of aromatic carboxylic acids is 1. The first-order valence-corrected chi connectivity index (χ1v) is 11.3. The molecule has 5 aromatic rings. The molecule has 5 aromatic heterocycles. The number of nitrogens with zero attached hydrogens (tertiary/aromatic N) is 7. The van der Waals surface area contributed by atoms with E-state index in [-0.39, 0.29) is 22.7 Å². The number of aromatic nitrogens is 7. The van der Waals surface area contributed by atoms with Gasteiger partial charge in [0.05, 0.1) is 17.4 Å². The lowest BCUT2D eigenvalue weighted by molar-refractivity contribution is 0.0689. The Kier molecular flexibility index (Phi) is 11.5. The summed E-state index contributed by atoms with van der Waals surface area (Å²) in [4.78, 5) is 18.5. The van der Waals surface area contributed by atoms with E-state index in [9.17, 15) is 4.79 Å².